The maximum atomic E-state index is 13.1. The van der Waals surface area contributed by atoms with Gasteiger partial charge in [-0.1, -0.05) is 30.3 Å². The number of carbonyl (C=O) groups is 2. The first-order valence-corrected chi connectivity index (χ1v) is 16.1. The Kier molecular flexibility index (Phi) is 8.91. The number of aromatic nitrogens is 4. The van der Waals surface area contributed by atoms with E-state index in [1.54, 1.807) is 11.5 Å². The standard InChI is InChI=1S/C27H34N7O9P/c1-2-28-27(37)33-22-19-23(31-13-30-22)34(14-32-19)24-21-20(42-26(43-21)16-6-4-3-5-7-16)18(41-24)11-40-44(38,39)12-15-8-9-29-17(10-15)25(35)36/h3-7,13-15,17-18,20-21,24,26,29H,2,8-12H2,1H3,(H,35,36)(H,38,39)(H2,28,30,31,33,37)/t15?,17?,18-,20?,21+,24-,26-/m1/s1. The molecule has 0 bridgehead atoms. The van der Waals surface area contributed by atoms with Crippen LogP contribution in [0.15, 0.2) is 43.0 Å². The summed E-state index contributed by atoms with van der Waals surface area (Å²) in [7, 11) is -4.11. The lowest BCUT2D eigenvalue weighted by molar-refractivity contribution is -0.152. The van der Waals surface area contributed by atoms with Crippen molar-refractivity contribution in [3.05, 3.63) is 48.5 Å². The Labute approximate surface area is 252 Å². The highest BCUT2D eigenvalue weighted by Crippen LogP contribution is 2.49. The van der Waals surface area contributed by atoms with Crippen LogP contribution in [-0.2, 0) is 28.1 Å². The Balaban J connectivity index is 1.21. The van der Waals surface area contributed by atoms with Crippen LogP contribution in [0.25, 0.3) is 11.2 Å². The Hall–Kier alpha value is -3.50. The number of fused-ring (bicyclic) bond motifs is 2. The molecule has 5 N–H and O–H groups in total. The second kappa shape index (κ2) is 12.9. The third-order valence-electron chi connectivity index (χ3n) is 7.86. The highest BCUT2D eigenvalue weighted by molar-refractivity contribution is 7.52. The van der Waals surface area contributed by atoms with E-state index in [-0.39, 0.29) is 30.9 Å². The number of carboxylic acids is 1. The van der Waals surface area contributed by atoms with E-state index in [2.05, 4.69) is 30.9 Å². The van der Waals surface area contributed by atoms with Crippen LogP contribution in [0, 0.1) is 5.92 Å². The predicted molar refractivity (Wildman–Crippen MR) is 154 cm³/mol. The van der Waals surface area contributed by atoms with Gasteiger partial charge in [0.15, 0.2) is 29.5 Å². The van der Waals surface area contributed by atoms with Crippen LogP contribution >= 0.6 is 7.60 Å². The van der Waals surface area contributed by atoms with Crippen molar-refractivity contribution in [2.75, 3.05) is 31.2 Å². The number of piperidine rings is 1. The van der Waals surface area contributed by atoms with Crippen LogP contribution < -0.4 is 16.0 Å². The summed E-state index contributed by atoms with van der Waals surface area (Å²) >= 11 is 0. The molecular formula is C27H34N7O9P. The first-order chi connectivity index (χ1) is 21.2. The number of amides is 2. The molecule has 2 amide bonds. The molecule has 17 heteroatoms. The molecule has 5 heterocycles. The van der Waals surface area contributed by atoms with Gasteiger partial charge in [-0.05, 0) is 32.2 Å². The first kappa shape index (κ1) is 30.5. The lowest BCUT2D eigenvalue weighted by Gasteiger charge is -2.29. The molecule has 3 aliphatic rings. The van der Waals surface area contributed by atoms with Gasteiger partial charge in [-0.3, -0.25) is 19.2 Å². The number of imidazole rings is 1. The molecule has 8 atom stereocenters. The van der Waals surface area contributed by atoms with E-state index in [1.807, 2.05) is 30.3 Å². The molecule has 3 fully saturated rings. The van der Waals surface area contributed by atoms with Crippen LogP contribution in [0.2, 0.25) is 0 Å². The van der Waals surface area contributed by atoms with Gasteiger partial charge in [-0.2, -0.15) is 0 Å². The van der Waals surface area contributed by atoms with E-state index in [4.69, 9.17) is 18.7 Å². The van der Waals surface area contributed by atoms with Crippen LogP contribution in [0.1, 0.15) is 37.8 Å². The van der Waals surface area contributed by atoms with Gasteiger partial charge < -0.3 is 39.4 Å². The number of anilines is 1. The number of rotatable bonds is 10. The number of carboxylic acid groups (broad SMARTS) is 1. The predicted octanol–water partition coefficient (Wildman–Crippen LogP) is 2.00. The second-order valence-electron chi connectivity index (χ2n) is 10.9. The maximum Gasteiger partial charge on any atom is 0.328 e. The van der Waals surface area contributed by atoms with Crippen molar-refractivity contribution >= 4 is 36.6 Å². The first-order valence-electron chi connectivity index (χ1n) is 14.4. The number of nitrogens with zero attached hydrogens (tertiary/aromatic N) is 4. The Morgan fingerprint density at radius 2 is 1.95 bits per heavy atom. The largest absolute Gasteiger partial charge is 0.480 e. The topological polar surface area (TPSA) is 208 Å². The van der Waals surface area contributed by atoms with E-state index < -0.39 is 56.5 Å². The average Bonchev–Trinajstić information content (AvgIpc) is 3.71. The van der Waals surface area contributed by atoms with Gasteiger partial charge in [0, 0.05) is 12.1 Å². The van der Waals surface area contributed by atoms with Crippen molar-refractivity contribution in [1.29, 1.82) is 0 Å². The molecule has 3 aliphatic heterocycles. The molecule has 4 unspecified atom stereocenters. The zero-order valence-corrected chi connectivity index (χ0v) is 24.7. The zero-order chi connectivity index (χ0) is 30.8. The summed E-state index contributed by atoms with van der Waals surface area (Å²) in [6, 6.07) is 8.15. The van der Waals surface area contributed by atoms with Crippen LogP contribution in [0.4, 0.5) is 10.6 Å². The van der Waals surface area contributed by atoms with E-state index in [1.165, 1.54) is 12.7 Å². The van der Waals surface area contributed by atoms with Crippen molar-refractivity contribution in [3.8, 4) is 0 Å². The normalized spacial score (nSPS) is 29.6. The lowest BCUT2D eigenvalue weighted by Crippen LogP contribution is -2.44. The fraction of sp³-hybridized carbons (Fsp3) is 0.519. The molecule has 16 nitrogen and oxygen atoms in total. The van der Waals surface area contributed by atoms with E-state index in [9.17, 15) is 24.2 Å². The summed E-state index contributed by atoms with van der Waals surface area (Å²) in [4.78, 5) is 47.2. The minimum absolute atomic E-state index is 0.169. The lowest BCUT2D eigenvalue weighted by atomic mass is 9.94. The Morgan fingerprint density at radius 1 is 1.16 bits per heavy atom. The van der Waals surface area contributed by atoms with E-state index in [0.717, 1.165) is 5.56 Å². The van der Waals surface area contributed by atoms with E-state index >= 15 is 0 Å². The van der Waals surface area contributed by atoms with Crippen molar-refractivity contribution in [1.82, 2.24) is 30.2 Å². The van der Waals surface area contributed by atoms with Crippen LogP contribution in [0.5, 0.6) is 0 Å². The maximum absolute atomic E-state index is 13.1. The van der Waals surface area contributed by atoms with Crippen molar-refractivity contribution in [3.63, 3.8) is 0 Å². The third kappa shape index (κ3) is 6.47. The number of ether oxygens (including phenoxy) is 3. The molecule has 1 aromatic carbocycles. The number of nitrogens with one attached hydrogen (secondary N) is 3. The third-order valence-corrected chi connectivity index (χ3v) is 9.39. The molecule has 0 saturated carbocycles. The number of urea groups is 1. The number of aliphatic carboxylic acids is 1. The van der Waals surface area contributed by atoms with Gasteiger partial charge in [0.25, 0.3) is 0 Å². The van der Waals surface area contributed by atoms with Crippen molar-refractivity contribution in [2.24, 2.45) is 5.92 Å². The number of hydrogen-bond acceptors (Lipinski definition) is 11. The molecule has 236 valence electrons. The minimum atomic E-state index is -4.11. The molecule has 0 radical (unpaired) electrons. The Bertz CT molecular complexity index is 1540. The van der Waals surface area contributed by atoms with Crippen molar-refractivity contribution < 1.29 is 42.9 Å². The summed E-state index contributed by atoms with van der Waals surface area (Å²) in [5.74, 6) is -1.06. The number of benzene rings is 1. The molecule has 44 heavy (non-hydrogen) atoms. The molecule has 0 spiro atoms. The molecule has 2 aromatic heterocycles. The number of hydrogen-bond donors (Lipinski definition) is 5. The summed E-state index contributed by atoms with van der Waals surface area (Å²) in [5.41, 5.74) is 1.49. The molecular weight excluding hydrogens is 597 g/mol. The second-order valence-corrected chi connectivity index (χ2v) is 12.8. The van der Waals surface area contributed by atoms with Gasteiger partial charge in [-0.25, -0.2) is 19.7 Å². The minimum Gasteiger partial charge on any atom is -0.480 e. The fourth-order valence-corrected chi connectivity index (χ4v) is 7.29. The molecule has 3 saturated heterocycles. The summed E-state index contributed by atoms with van der Waals surface area (Å²) in [6.45, 7) is 2.39. The van der Waals surface area contributed by atoms with Gasteiger partial charge in [-0.15, -0.1) is 0 Å². The average molecular weight is 632 g/mol. The Morgan fingerprint density at radius 3 is 2.73 bits per heavy atom. The highest BCUT2D eigenvalue weighted by Gasteiger charge is 2.54. The molecule has 6 rings (SSSR count). The quantitative estimate of drug-likeness (QED) is 0.203. The summed E-state index contributed by atoms with van der Waals surface area (Å²) in [5, 5.41) is 17.5. The molecule has 0 aliphatic carbocycles. The van der Waals surface area contributed by atoms with Crippen LogP contribution in [0.3, 0.4) is 0 Å². The van der Waals surface area contributed by atoms with Gasteiger partial charge in [0.1, 0.15) is 30.7 Å². The van der Waals surface area contributed by atoms with Gasteiger partial charge in [0.2, 0.25) is 0 Å². The van der Waals surface area contributed by atoms with Gasteiger partial charge >= 0.3 is 19.6 Å². The van der Waals surface area contributed by atoms with E-state index in [0.29, 0.717) is 30.7 Å². The summed E-state index contributed by atoms with van der Waals surface area (Å²) < 4.78 is 39.3. The van der Waals surface area contributed by atoms with Crippen LogP contribution in [-0.4, -0.2) is 91.7 Å². The number of carbonyl (C=O) groups excluding carboxylic acids is 1. The van der Waals surface area contributed by atoms with Crippen molar-refractivity contribution in [2.45, 2.75) is 56.6 Å². The SMILES string of the molecule is CCNC(=O)Nc1ncnc2c1ncn2[C@@H]1O[C@H](COP(=O)(O)CC2CCNC(C(=O)O)C2)C2O[C@@H](c3ccccc3)O[C@@H]21. The highest BCUT2D eigenvalue weighted by atomic mass is 31.2. The summed E-state index contributed by atoms with van der Waals surface area (Å²) in [6.07, 6.45) is -0.243. The monoisotopic (exact) mass is 631 g/mol. The fourth-order valence-electron chi connectivity index (χ4n) is 5.82. The zero-order valence-electron chi connectivity index (χ0n) is 23.8. The van der Waals surface area contributed by atoms with Gasteiger partial charge in [0.05, 0.1) is 19.1 Å². The smallest absolute Gasteiger partial charge is 0.328 e. The molecule has 3 aromatic rings.